The predicted octanol–water partition coefficient (Wildman–Crippen LogP) is 4.88. The molecule has 1 N–H and O–H groups in total. The molecule has 10 heteroatoms. The zero-order valence-corrected chi connectivity index (χ0v) is 20.6. The van der Waals surface area contributed by atoms with Crippen LogP contribution in [-0.2, 0) is 20.6 Å². The molecular weight excluding hydrogens is 519 g/mol. The van der Waals surface area contributed by atoms with E-state index in [0.29, 0.717) is 28.0 Å². The summed E-state index contributed by atoms with van der Waals surface area (Å²) in [7, 11) is -3.59. The van der Waals surface area contributed by atoms with Gasteiger partial charge in [-0.3, -0.25) is 9.10 Å². The average molecular weight is 540 g/mol. The lowest BCUT2D eigenvalue weighted by atomic mass is 10.2. The Labute approximate surface area is 194 Å². The Hall–Kier alpha value is -0.930. The van der Waals surface area contributed by atoms with E-state index in [1.54, 1.807) is 36.0 Å². The minimum absolute atomic E-state index is 0.267. The lowest BCUT2D eigenvalue weighted by Crippen LogP contribution is -2.41. The summed E-state index contributed by atoms with van der Waals surface area (Å²) in [6, 6.07) is 10.6. The molecule has 2 rings (SSSR count). The number of carbonyl (C=O) groups is 1. The van der Waals surface area contributed by atoms with E-state index in [4.69, 9.17) is 23.2 Å². The van der Waals surface area contributed by atoms with Gasteiger partial charge in [0.15, 0.2) is 0 Å². The first-order chi connectivity index (χ1) is 13.6. The third-order valence-electron chi connectivity index (χ3n) is 3.94. The van der Waals surface area contributed by atoms with Gasteiger partial charge in [0, 0.05) is 22.5 Å². The molecule has 29 heavy (non-hydrogen) atoms. The molecule has 2 aromatic carbocycles. The molecule has 1 amide bonds. The normalized spacial score (nSPS) is 11.3. The fraction of sp³-hybridized carbons (Fsp3) is 0.316. The summed E-state index contributed by atoms with van der Waals surface area (Å²) in [5.41, 5.74) is 2.39. The fourth-order valence-electron chi connectivity index (χ4n) is 2.45. The van der Waals surface area contributed by atoms with E-state index >= 15 is 0 Å². The number of aryl methyl sites for hydroxylation is 1. The van der Waals surface area contributed by atoms with Gasteiger partial charge < -0.3 is 5.32 Å². The van der Waals surface area contributed by atoms with Gasteiger partial charge in [-0.2, -0.15) is 11.8 Å². The zero-order valence-electron chi connectivity index (χ0n) is 15.9. The Bertz CT molecular complexity index is 987. The monoisotopic (exact) mass is 538 g/mol. The Kier molecular flexibility index (Phi) is 9.15. The van der Waals surface area contributed by atoms with Crippen LogP contribution in [0.2, 0.25) is 10.0 Å². The maximum absolute atomic E-state index is 12.3. The summed E-state index contributed by atoms with van der Waals surface area (Å²) >= 11 is 16.9. The molecule has 0 atom stereocenters. The highest BCUT2D eigenvalue weighted by atomic mass is 79.9. The number of carbonyl (C=O) groups excluding carboxylic acids is 1. The number of sulfonamides is 1. The van der Waals surface area contributed by atoms with Gasteiger partial charge >= 0.3 is 0 Å². The van der Waals surface area contributed by atoms with Gasteiger partial charge in [-0.25, -0.2) is 8.42 Å². The van der Waals surface area contributed by atoms with Gasteiger partial charge in [0.1, 0.15) is 6.54 Å². The van der Waals surface area contributed by atoms with Crippen molar-refractivity contribution >= 4 is 72.5 Å². The number of hydrogen-bond donors (Lipinski definition) is 1. The second-order valence-corrected chi connectivity index (χ2v) is 11.0. The van der Waals surface area contributed by atoms with Crippen LogP contribution in [0.5, 0.6) is 0 Å². The number of nitrogens with one attached hydrogen (secondary N) is 1. The van der Waals surface area contributed by atoms with E-state index in [0.717, 1.165) is 31.9 Å². The lowest BCUT2D eigenvalue weighted by molar-refractivity contribution is -0.119. The molecular formula is C19H21BrCl2N2O3S2. The first-order valence-corrected chi connectivity index (χ1v) is 13.2. The number of anilines is 1. The number of amides is 1. The van der Waals surface area contributed by atoms with Gasteiger partial charge in [0.05, 0.1) is 22.0 Å². The molecule has 0 unspecified atom stereocenters. The number of halogens is 3. The van der Waals surface area contributed by atoms with Crippen molar-refractivity contribution in [2.45, 2.75) is 12.7 Å². The molecule has 0 saturated carbocycles. The van der Waals surface area contributed by atoms with Crippen LogP contribution in [-0.4, -0.2) is 39.4 Å². The molecule has 0 radical (unpaired) electrons. The molecule has 0 saturated heterocycles. The fourth-order valence-corrected chi connectivity index (χ4v) is 4.67. The van der Waals surface area contributed by atoms with Crippen LogP contribution in [0.15, 0.2) is 40.9 Å². The summed E-state index contributed by atoms with van der Waals surface area (Å²) in [6.45, 7) is 2.03. The third kappa shape index (κ3) is 7.68. The summed E-state index contributed by atoms with van der Waals surface area (Å²) in [5.74, 6) is 1.06. The Morgan fingerprint density at radius 1 is 1.17 bits per heavy atom. The van der Waals surface area contributed by atoms with Crippen LogP contribution < -0.4 is 9.62 Å². The van der Waals surface area contributed by atoms with Gasteiger partial charge in [-0.1, -0.05) is 45.2 Å². The van der Waals surface area contributed by atoms with E-state index < -0.39 is 10.0 Å². The summed E-state index contributed by atoms with van der Waals surface area (Å²) in [5, 5.41) is 3.80. The van der Waals surface area contributed by atoms with Crippen molar-refractivity contribution < 1.29 is 13.2 Å². The maximum Gasteiger partial charge on any atom is 0.240 e. The molecule has 0 heterocycles. The van der Waals surface area contributed by atoms with E-state index in [9.17, 15) is 13.2 Å². The molecule has 0 aliphatic carbocycles. The van der Waals surface area contributed by atoms with Gasteiger partial charge in [0.25, 0.3) is 0 Å². The summed E-state index contributed by atoms with van der Waals surface area (Å²) in [6.07, 6.45) is 1.09. The van der Waals surface area contributed by atoms with Crippen molar-refractivity contribution in [3.8, 4) is 0 Å². The highest BCUT2D eigenvalue weighted by molar-refractivity contribution is 9.10. The van der Waals surface area contributed by atoms with Crippen LogP contribution in [0.4, 0.5) is 5.69 Å². The van der Waals surface area contributed by atoms with E-state index in [1.807, 2.05) is 19.1 Å². The third-order valence-corrected chi connectivity index (χ3v) is 7.74. The van der Waals surface area contributed by atoms with Crippen molar-refractivity contribution in [3.63, 3.8) is 0 Å². The van der Waals surface area contributed by atoms with Gasteiger partial charge in [-0.15, -0.1) is 0 Å². The Morgan fingerprint density at radius 2 is 1.90 bits per heavy atom. The van der Waals surface area contributed by atoms with Crippen molar-refractivity contribution in [1.82, 2.24) is 5.32 Å². The second kappa shape index (κ2) is 10.9. The van der Waals surface area contributed by atoms with Crippen molar-refractivity contribution in [2.24, 2.45) is 0 Å². The quantitative estimate of drug-likeness (QED) is 0.461. The number of thioether (sulfide) groups is 1. The maximum atomic E-state index is 12.3. The highest BCUT2D eigenvalue weighted by Crippen LogP contribution is 2.25. The molecule has 0 fully saturated rings. The number of nitrogens with zero attached hydrogens (tertiary/aromatic N) is 1. The topological polar surface area (TPSA) is 66.5 Å². The first kappa shape index (κ1) is 24.3. The van der Waals surface area contributed by atoms with E-state index in [2.05, 4.69) is 21.2 Å². The minimum atomic E-state index is -3.59. The van der Waals surface area contributed by atoms with Crippen LogP contribution in [0.25, 0.3) is 0 Å². The minimum Gasteiger partial charge on any atom is -0.354 e. The Morgan fingerprint density at radius 3 is 2.52 bits per heavy atom. The second-order valence-electron chi connectivity index (χ2n) is 6.35. The zero-order chi connectivity index (χ0) is 21.6. The molecule has 0 aromatic heterocycles. The largest absolute Gasteiger partial charge is 0.354 e. The summed E-state index contributed by atoms with van der Waals surface area (Å²) < 4.78 is 26.3. The van der Waals surface area contributed by atoms with E-state index in [1.165, 1.54) is 0 Å². The van der Waals surface area contributed by atoms with Gasteiger partial charge in [0.2, 0.25) is 15.9 Å². The molecule has 0 spiro atoms. The van der Waals surface area contributed by atoms with Crippen molar-refractivity contribution in [2.75, 3.05) is 29.4 Å². The average Bonchev–Trinajstić information content (AvgIpc) is 2.64. The van der Waals surface area contributed by atoms with Crippen molar-refractivity contribution in [3.05, 3.63) is 62.0 Å². The molecule has 0 bridgehead atoms. The molecule has 2 aromatic rings. The van der Waals surface area contributed by atoms with E-state index in [-0.39, 0.29) is 12.5 Å². The van der Waals surface area contributed by atoms with Crippen LogP contribution in [0, 0.1) is 6.92 Å². The first-order valence-electron chi connectivity index (χ1n) is 8.60. The smallest absolute Gasteiger partial charge is 0.240 e. The number of rotatable bonds is 9. The molecule has 158 valence electrons. The number of benzene rings is 2. The molecule has 0 aliphatic rings. The molecule has 0 aliphatic heterocycles. The molecule has 5 nitrogen and oxygen atoms in total. The van der Waals surface area contributed by atoms with Gasteiger partial charge in [-0.05, 0) is 48.4 Å². The lowest BCUT2D eigenvalue weighted by Gasteiger charge is -2.22. The standard InChI is InChI=1S/C19H21BrCl2N2O3S2/c1-13-9-15(4-5-16(13)20)24(29(2,26)27)11-19(25)23-7-8-28-12-14-3-6-17(21)18(22)10-14/h3-6,9-10H,7-8,11-12H2,1-2H3,(H,23,25). The highest BCUT2D eigenvalue weighted by Gasteiger charge is 2.21. The van der Waals surface area contributed by atoms with Crippen LogP contribution >= 0.6 is 50.9 Å². The Balaban J connectivity index is 1.85. The SMILES string of the molecule is Cc1cc(N(CC(=O)NCCSCc2ccc(Cl)c(Cl)c2)S(C)(=O)=O)ccc1Br. The number of hydrogen-bond acceptors (Lipinski definition) is 4. The van der Waals surface area contributed by atoms with Crippen LogP contribution in [0.1, 0.15) is 11.1 Å². The van der Waals surface area contributed by atoms with Crippen molar-refractivity contribution in [1.29, 1.82) is 0 Å². The van der Waals surface area contributed by atoms with Crippen LogP contribution in [0.3, 0.4) is 0 Å². The summed E-state index contributed by atoms with van der Waals surface area (Å²) in [4.78, 5) is 12.3. The predicted molar refractivity (Wildman–Crippen MR) is 127 cm³/mol.